The van der Waals surface area contributed by atoms with Gasteiger partial charge >= 0.3 is 7.12 Å². The van der Waals surface area contributed by atoms with Crippen molar-refractivity contribution in [2.24, 2.45) is 0 Å². The molecule has 0 radical (unpaired) electrons. The highest BCUT2D eigenvalue weighted by atomic mass is 79.9. The standard InChI is InChI=1S/C20H13FN6.C15H9BrFN5.C11H16BNO2/c21-15-10-14(9-12-3-2-6-24-16(12)15)18-17(13-4-1-5-23-11-13)26-19(22)20-25-7-8-27(18)20;16-13-12(22-5-4-20-15(22)14(18)21-13)9-6-8-2-1-3-19-11(8)10(17)7-9;1-10(2)11(3,4)15-12(14-10)9-6-5-7-13-8-9/h1-11H,(H2,22,26);1-7H,(H2,18,21);5-8H,1-4H3. The van der Waals surface area contributed by atoms with Crippen molar-refractivity contribution >= 4 is 73.2 Å². The highest BCUT2D eigenvalue weighted by Crippen LogP contribution is 2.37. The molecule has 18 heteroatoms. The molecule has 1 aliphatic rings. The Morgan fingerprint density at radius 1 is 0.594 bits per heavy atom. The lowest BCUT2D eigenvalue weighted by atomic mass is 9.80. The second kappa shape index (κ2) is 16.8. The molecule has 10 aromatic rings. The molecule has 0 amide bonds. The molecule has 2 aromatic carbocycles. The Balaban J connectivity index is 0.000000127. The molecule has 0 unspecified atom stereocenters. The van der Waals surface area contributed by atoms with Gasteiger partial charge in [0.05, 0.1) is 28.3 Å². The van der Waals surface area contributed by atoms with Gasteiger partial charge in [-0.25, -0.2) is 28.7 Å². The van der Waals surface area contributed by atoms with Crippen LogP contribution >= 0.6 is 15.9 Å². The summed E-state index contributed by atoms with van der Waals surface area (Å²) in [4.78, 5) is 33.7. The van der Waals surface area contributed by atoms with Crippen molar-refractivity contribution in [2.45, 2.75) is 38.9 Å². The van der Waals surface area contributed by atoms with E-state index >= 15 is 0 Å². The number of pyridine rings is 4. The number of hydrogen-bond donors (Lipinski definition) is 2. The Morgan fingerprint density at radius 2 is 1.11 bits per heavy atom. The second-order valence-corrected chi connectivity index (χ2v) is 16.5. The zero-order valence-corrected chi connectivity index (χ0v) is 36.4. The second-order valence-electron chi connectivity index (χ2n) is 15.8. The van der Waals surface area contributed by atoms with Crippen LogP contribution in [0.5, 0.6) is 0 Å². The van der Waals surface area contributed by atoms with Gasteiger partial charge in [0.25, 0.3) is 0 Å². The Morgan fingerprint density at radius 3 is 1.66 bits per heavy atom. The van der Waals surface area contributed by atoms with Gasteiger partial charge < -0.3 is 20.8 Å². The first kappa shape index (κ1) is 42.0. The molecule has 1 fully saturated rings. The highest BCUT2D eigenvalue weighted by Gasteiger charge is 2.51. The van der Waals surface area contributed by atoms with E-state index in [1.807, 2.05) is 80.6 Å². The van der Waals surface area contributed by atoms with E-state index in [2.05, 4.69) is 55.8 Å². The molecule has 0 atom stereocenters. The number of nitrogens with two attached hydrogens (primary N) is 2. The van der Waals surface area contributed by atoms with Gasteiger partial charge in [-0.05, 0) is 98.2 Å². The van der Waals surface area contributed by atoms with E-state index in [9.17, 15) is 8.78 Å². The summed E-state index contributed by atoms with van der Waals surface area (Å²) in [6.07, 6.45) is 16.9. The summed E-state index contributed by atoms with van der Waals surface area (Å²) < 4.78 is 45.0. The fourth-order valence-electron chi connectivity index (χ4n) is 7.29. The third kappa shape index (κ3) is 7.86. The summed E-state index contributed by atoms with van der Waals surface area (Å²) in [6.45, 7) is 8.18. The summed E-state index contributed by atoms with van der Waals surface area (Å²) in [6, 6.07) is 21.4. The van der Waals surface area contributed by atoms with Gasteiger partial charge in [0, 0.05) is 94.9 Å². The van der Waals surface area contributed by atoms with Gasteiger partial charge in [0.1, 0.15) is 27.3 Å². The molecule has 8 aromatic heterocycles. The van der Waals surface area contributed by atoms with Crippen LogP contribution in [-0.4, -0.2) is 67.0 Å². The van der Waals surface area contributed by atoms with Crippen LogP contribution in [0, 0.1) is 11.6 Å². The molecule has 9 heterocycles. The summed E-state index contributed by atoms with van der Waals surface area (Å²) in [7, 11) is -0.302. The van der Waals surface area contributed by atoms with Gasteiger partial charge in [-0.1, -0.05) is 18.2 Å². The number of rotatable bonds is 4. The van der Waals surface area contributed by atoms with Crippen LogP contribution in [0.3, 0.4) is 0 Å². The largest absolute Gasteiger partial charge is 0.496 e. The quantitative estimate of drug-likeness (QED) is 0.161. The van der Waals surface area contributed by atoms with Crippen molar-refractivity contribution in [1.82, 2.24) is 48.7 Å². The number of nitrogen functional groups attached to an aromatic ring is 2. The van der Waals surface area contributed by atoms with Crippen LogP contribution in [0.1, 0.15) is 27.7 Å². The average molecular weight is 920 g/mol. The normalized spacial score (nSPS) is 14.1. The van der Waals surface area contributed by atoms with Gasteiger partial charge in [0.2, 0.25) is 0 Å². The minimum absolute atomic E-state index is 0.284. The Hall–Kier alpha value is -7.28. The first-order valence-corrected chi connectivity index (χ1v) is 20.7. The number of aromatic nitrogens is 10. The predicted octanol–water partition coefficient (Wildman–Crippen LogP) is 8.54. The maximum absolute atomic E-state index is 14.7. The maximum atomic E-state index is 14.7. The van der Waals surface area contributed by atoms with E-state index in [1.165, 1.54) is 12.1 Å². The van der Waals surface area contributed by atoms with E-state index in [1.54, 1.807) is 78.5 Å². The minimum atomic E-state index is -0.398. The third-order valence-corrected chi connectivity index (χ3v) is 11.7. The van der Waals surface area contributed by atoms with Crippen molar-refractivity contribution in [2.75, 3.05) is 11.5 Å². The first-order valence-electron chi connectivity index (χ1n) is 20.0. The van der Waals surface area contributed by atoms with Crippen molar-refractivity contribution < 1.29 is 18.1 Å². The SMILES string of the molecule is CC1(C)OB(c2cccnc2)OC1(C)C.Nc1nc(-c2cccnc2)c(-c2cc(F)c3ncccc3c2)n2ccnc12.Nc1nc(Br)c(-c2cc(F)c3ncccc3c2)n2ccnc12. The molecule has 64 heavy (non-hydrogen) atoms. The number of halogens is 3. The van der Waals surface area contributed by atoms with Gasteiger partial charge in [-0.3, -0.25) is 28.7 Å². The van der Waals surface area contributed by atoms with Crippen LogP contribution in [0.15, 0.2) is 139 Å². The molecule has 1 saturated heterocycles. The molecule has 0 saturated carbocycles. The average Bonchev–Trinajstić information content (AvgIpc) is 4.03. The number of benzene rings is 2. The summed E-state index contributed by atoms with van der Waals surface area (Å²) in [5, 5.41) is 1.42. The number of hydrogen-bond acceptors (Lipinski definition) is 12. The fourth-order valence-corrected chi connectivity index (χ4v) is 7.91. The molecule has 14 nitrogen and oxygen atoms in total. The minimum Gasteiger partial charge on any atom is -0.399 e. The van der Waals surface area contributed by atoms with Gasteiger partial charge in [-0.15, -0.1) is 0 Å². The molecule has 4 N–H and O–H groups in total. The molecule has 1 aliphatic heterocycles. The van der Waals surface area contributed by atoms with E-state index in [4.69, 9.17) is 20.8 Å². The monoisotopic (exact) mass is 918 g/mol. The first-order chi connectivity index (χ1) is 30.8. The van der Waals surface area contributed by atoms with Crippen LogP contribution in [0.2, 0.25) is 0 Å². The molecule has 0 bridgehead atoms. The van der Waals surface area contributed by atoms with E-state index in [0.29, 0.717) is 72.2 Å². The molecule has 11 rings (SSSR count). The zero-order chi connectivity index (χ0) is 44.8. The Labute approximate surface area is 373 Å². The number of fused-ring (bicyclic) bond motifs is 4. The topological polar surface area (TPSA) is 182 Å². The smallest absolute Gasteiger partial charge is 0.399 e. The van der Waals surface area contributed by atoms with Crippen molar-refractivity contribution in [1.29, 1.82) is 0 Å². The number of nitrogens with zero attached hydrogens (tertiary/aromatic N) is 10. The van der Waals surface area contributed by atoms with Gasteiger partial charge in [0.15, 0.2) is 22.9 Å². The Kier molecular flexibility index (Phi) is 11.0. The molecule has 318 valence electrons. The molecular weight excluding hydrogens is 881 g/mol. The summed E-state index contributed by atoms with van der Waals surface area (Å²) in [5.74, 6) is -0.176. The molecule has 0 spiro atoms. The van der Waals surface area contributed by atoms with E-state index in [-0.39, 0.29) is 24.1 Å². The lowest BCUT2D eigenvalue weighted by Crippen LogP contribution is -2.41. The summed E-state index contributed by atoms with van der Waals surface area (Å²) >= 11 is 3.40. The predicted molar refractivity (Wildman–Crippen MR) is 247 cm³/mol. The van der Waals surface area contributed by atoms with E-state index < -0.39 is 5.82 Å². The summed E-state index contributed by atoms with van der Waals surface area (Å²) in [5.41, 5.74) is 18.2. The third-order valence-electron chi connectivity index (χ3n) is 11.1. The molecular formula is C46H38BBrF2N12O2. The lowest BCUT2D eigenvalue weighted by Gasteiger charge is -2.32. The molecule has 0 aliphatic carbocycles. The van der Waals surface area contributed by atoms with Gasteiger partial charge in [-0.2, -0.15) is 0 Å². The van der Waals surface area contributed by atoms with E-state index in [0.717, 1.165) is 16.4 Å². The van der Waals surface area contributed by atoms with Crippen LogP contribution in [0.25, 0.3) is 66.9 Å². The lowest BCUT2D eigenvalue weighted by molar-refractivity contribution is 0.00578. The maximum Gasteiger partial charge on any atom is 0.496 e. The Bertz CT molecular complexity index is 3320. The van der Waals surface area contributed by atoms with Crippen LogP contribution in [-0.2, 0) is 9.31 Å². The number of anilines is 2. The van der Waals surface area contributed by atoms with Crippen molar-refractivity contribution in [3.8, 4) is 33.8 Å². The van der Waals surface area contributed by atoms with Crippen molar-refractivity contribution in [3.63, 3.8) is 0 Å². The van der Waals surface area contributed by atoms with Crippen LogP contribution in [0.4, 0.5) is 20.4 Å². The number of imidazole rings is 2. The van der Waals surface area contributed by atoms with Crippen molar-refractivity contribution in [3.05, 3.63) is 151 Å². The fraction of sp³-hybridized carbons (Fsp3) is 0.130. The highest BCUT2D eigenvalue weighted by molar-refractivity contribution is 9.10. The zero-order valence-electron chi connectivity index (χ0n) is 34.9. The van der Waals surface area contributed by atoms with Crippen LogP contribution < -0.4 is 16.9 Å².